The second-order valence-corrected chi connectivity index (χ2v) is 6.97. The summed E-state index contributed by atoms with van der Waals surface area (Å²) in [4.78, 5) is 29.1. The molecule has 0 saturated carbocycles. The number of aromatic nitrogens is 1. The molecule has 0 spiro atoms. The first-order valence-corrected chi connectivity index (χ1v) is 10.1. The topological polar surface area (TPSA) is 65.5 Å². The number of rotatable bonds is 7. The number of hydrogen-bond acceptors (Lipinski definition) is 6. The van der Waals surface area contributed by atoms with Crippen molar-refractivity contribution in [2.45, 2.75) is 12.7 Å². The molecule has 0 aliphatic heterocycles. The molecule has 0 fully saturated rings. The van der Waals surface area contributed by atoms with Crippen molar-refractivity contribution in [2.75, 3.05) is 19.5 Å². The minimum Gasteiger partial charge on any atom is -0.465 e. The maximum absolute atomic E-state index is 12.7. The molecule has 0 bridgehead atoms. The van der Waals surface area contributed by atoms with Gasteiger partial charge in [0.15, 0.2) is 0 Å². The van der Waals surface area contributed by atoms with E-state index in [4.69, 9.17) is 14.5 Å². The summed E-state index contributed by atoms with van der Waals surface area (Å²) >= 11 is 1.36. The number of thioether (sulfide) groups is 1. The van der Waals surface area contributed by atoms with Crippen LogP contribution in [0.25, 0.3) is 22.0 Å². The van der Waals surface area contributed by atoms with Gasteiger partial charge in [-0.25, -0.2) is 4.79 Å². The van der Waals surface area contributed by atoms with Crippen LogP contribution in [0.2, 0.25) is 0 Å². The zero-order valence-electron chi connectivity index (χ0n) is 15.8. The Morgan fingerprint density at radius 3 is 2.46 bits per heavy atom. The highest BCUT2D eigenvalue weighted by Gasteiger charge is 2.23. The number of fused-ring (bicyclic) bond motifs is 1. The van der Waals surface area contributed by atoms with Gasteiger partial charge in [0.05, 0.1) is 36.2 Å². The van der Waals surface area contributed by atoms with Gasteiger partial charge in [-0.1, -0.05) is 48.5 Å². The predicted molar refractivity (Wildman–Crippen MR) is 111 cm³/mol. The van der Waals surface area contributed by atoms with Crippen LogP contribution in [0.15, 0.2) is 54.6 Å². The number of pyridine rings is 1. The Bertz CT molecular complexity index is 988. The molecule has 3 rings (SSSR count). The Hall–Kier alpha value is -2.86. The van der Waals surface area contributed by atoms with Crippen molar-refractivity contribution in [1.82, 2.24) is 4.98 Å². The Morgan fingerprint density at radius 2 is 1.75 bits per heavy atom. The van der Waals surface area contributed by atoms with Gasteiger partial charge in [-0.15, -0.1) is 11.8 Å². The number of methoxy groups -OCH3 is 1. The van der Waals surface area contributed by atoms with E-state index in [1.165, 1.54) is 18.9 Å². The molecule has 0 radical (unpaired) electrons. The molecule has 2 aromatic carbocycles. The van der Waals surface area contributed by atoms with Gasteiger partial charge in [-0.05, 0) is 18.6 Å². The number of ether oxygens (including phenoxy) is 2. The maximum atomic E-state index is 12.7. The summed E-state index contributed by atoms with van der Waals surface area (Å²) in [6.07, 6.45) is 0. The van der Waals surface area contributed by atoms with E-state index in [0.29, 0.717) is 23.6 Å². The van der Waals surface area contributed by atoms with Gasteiger partial charge >= 0.3 is 11.9 Å². The van der Waals surface area contributed by atoms with Crippen LogP contribution in [0.5, 0.6) is 0 Å². The Morgan fingerprint density at radius 1 is 1.04 bits per heavy atom. The Kier molecular flexibility index (Phi) is 6.66. The predicted octanol–water partition coefficient (Wildman–Crippen LogP) is 4.48. The smallest absolute Gasteiger partial charge is 0.340 e. The van der Waals surface area contributed by atoms with Crippen LogP contribution in [0.3, 0.4) is 0 Å². The monoisotopic (exact) mass is 395 g/mol. The number of benzene rings is 2. The molecule has 0 unspecified atom stereocenters. The largest absolute Gasteiger partial charge is 0.465 e. The minimum atomic E-state index is -0.441. The van der Waals surface area contributed by atoms with Crippen molar-refractivity contribution in [2.24, 2.45) is 0 Å². The van der Waals surface area contributed by atoms with Crippen LogP contribution in [-0.4, -0.2) is 36.4 Å². The highest BCUT2D eigenvalue weighted by molar-refractivity contribution is 7.99. The van der Waals surface area contributed by atoms with Crippen molar-refractivity contribution < 1.29 is 19.1 Å². The Labute approximate surface area is 168 Å². The summed E-state index contributed by atoms with van der Waals surface area (Å²) in [5, 5.41) is 0.883. The lowest BCUT2D eigenvalue weighted by atomic mass is 9.94. The summed E-state index contributed by atoms with van der Waals surface area (Å²) in [7, 11) is 1.36. The molecule has 3 aromatic rings. The normalized spacial score (nSPS) is 10.6. The molecular formula is C22H21NO4S. The van der Waals surface area contributed by atoms with E-state index in [1.807, 2.05) is 54.6 Å². The maximum Gasteiger partial charge on any atom is 0.340 e. The van der Waals surface area contributed by atoms with Crippen LogP contribution < -0.4 is 0 Å². The fourth-order valence-electron chi connectivity index (χ4n) is 3.03. The van der Waals surface area contributed by atoms with Gasteiger partial charge in [-0.2, -0.15) is 0 Å². The number of carbonyl (C=O) groups is 2. The lowest BCUT2D eigenvalue weighted by Gasteiger charge is -2.16. The molecule has 5 nitrogen and oxygen atoms in total. The molecule has 28 heavy (non-hydrogen) atoms. The zero-order chi connectivity index (χ0) is 19.9. The van der Waals surface area contributed by atoms with Crippen LogP contribution in [0.1, 0.15) is 23.0 Å². The number of carbonyl (C=O) groups excluding carboxylic acids is 2. The first-order valence-electron chi connectivity index (χ1n) is 8.94. The van der Waals surface area contributed by atoms with E-state index in [2.05, 4.69) is 0 Å². The van der Waals surface area contributed by atoms with Gasteiger partial charge in [0.1, 0.15) is 0 Å². The third-order valence-electron chi connectivity index (χ3n) is 4.18. The van der Waals surface area contributed by atoms with E-state index in [1.54, 1.807) is 6.92 Å². The van der Waals surface area contributed by atoms with Crippen LogP contribution in [0.4, 0.5) is 0 Å². The van der Waals surface area contributed by atoms with Gasteiger partial charge in [-0.3, -0.25) is 9.78 Å². The highest BCUT2D eigenvalue weighted by Crippen LogP contribution is 2.34. The molecule has 0 aliphatic rings. The summed E-state index contributed by atoms with van der Waals surface area (Å²) < 4.78 is 10.0. The average Bonchev–Trinajstić information content (AvgIpc) is 2.73. The fraction of sp³-hybridized carbons (Fsp3) is 0.227. The molecule has 0 amide bonds. The molecule has 0 aliphatic carbocycles. The lowest BCUT2D eigenvalue weighted by molar-refractivity contribution is -0.139. The highest BCUT2D eigenvalue weighted by atomic mass is 32.2. The van der Waals surface area contributed by atoms with E-state index in [0.717, 1.165) is 22.0 Å². The third-order valence-corrected chi connectivity index (χ3v) is 5.10. The fourth-order valence-corrected chi connectivity index (χ4v) is 3.78. The SMILES string of the molecule is CCOC(=O)CSCc1nc2ccccc2c(-c2ccccc2)c1C(=O)OC. The van der Waals surface area contributed by atoms with E-state index < -0.39 is 5.97 Å². The molecule has 1 aromatic heterocycles. The first kappa shape index (κ1) is 19.9. The zero-order valence-corrected chi connectivity index (χ0v) is 16.6. The molecule has 0 atom stereocenters. The number of nitrogens with zero attached hydrogens (tertiary/aromatic N) is 1. The number of para-hydroxylation sites is 1. The van der Waals surface area contributed by atoms with Crippen molar-refractivity contribution in [1.29, 1.82) is 0 Å². The minimum absolute atomic E-state index is 0.198. The number of hydrogen-bond donors (Lipinski definition) is 0. The molecule has 6 heteroatoms. The first-order chi connectivity index (χ1) is 13.7. The summed E-state index contributed by atoms with van der Waals surface area (Å²) in [5.74, 6) is -0.127. The molecule has 0 saturated heterocycles. The van der Waals surface area contributed by atoms with Gasteiger partial charge in [0.2, 0.25) is 0 Å². The van der Waals surface area contributed by atoms with E-state index in [9.17, 15) is 9.59 Å². The van der Waals surface area contributed by atoms with Crippen LogP contribution >= 0.6 is 11.8 Å². The molecule has 0 N–H and O–H groups in total. The summed E-state index contributed by atoms with van der Waals surface area (Å²) in [6, 6.07) is 17.4. The second-order valence-electron chi connectivity index (χ2n) is 5.98. The third kappa shape index (κ3) is 4.34. The van der Waals surface area contributed by atoms with Gasteiger partial charge in [0, 0.05) is 16.7 Å². The molecule has 144 valence electrons. The lowest BCUT2D eigenvalue weighted by Crippen LogP contribution is -2.12. The van der Waals surface area contributed by atoms with Gasteiger partial charge in [0.25, 0.3) is 0 Å². The summed E-state index contributed by atoms with van der Waals surface area (Å²) in [6.45, 7) is 2.12. The molecule has 1 heterocycles. The van der Waals surface area contributed by atoms with Gasteiger partial charge < -0.3 is 9.47 Å². The second kappa shape index (κ2) is 9.37. The van der Waals surface area contributed by atoms with Crippen LogP contribution in [-0.2, 0) is 20.0 Å². The standard InChI is InChI=1S/C22H21NO4S/c1-3-27-19(24)14-28-13-18-21(22(25)26-2)20(15-9-5-4-6-10-15)16-11-7-8-12-17(16)23-18/h4-12H,3,13-14H2,1-2H3. The Balaban J connectivity index is 2.12. The number of esters is 2. The van der Waals surface area contributed by atoms with Crippen molar-refractivity contribution in [3.8, 4) is 11.1 Å². The van der Waals surface area contributed by atoms with Crippen LogP contribution in [0, 0.1) is 0 Å². The van der Waals surface area contributed by atoms with E-state index >= 15 is 0 Å². The van der Waals surface area contributed by atoms with Crippen molar-refractivity contribution in [3.63, 3.8) is 0 Å². The molecular weight excluding hydrogens is 374 g/mol. The van der Waals surface area contributed by atoms with E-state index in [-0.39, 0.29) is 11.7 Å². The van der Waals surface area contributed by atoms with Crippen molar-refractivity contribution in [3.05, 3.63) is 65.9 Å². The summed E-state index contributed by atoms with van der Waals surface area (Å²) in [5.41, 5.74) is 3.53. The average molecular weight is 395 g/mol. The quantitative estimate of drug-likeness (QED) is 0.550. The van der Waals surface area contributed by atoms with Crippen molar-refractivity contribution >= 4 is 34.6 Å².